The van der Waals surface area contributed by atoms with Gasteiger partial charge in [0.2, 0.25) is 5.91 Å². The summed E-state index contributed by atoms with van der Waals surface area (Å²) in [5, 5.41) is 6.77. The van der Waals surface area contributed by atoms with Crippen LogP contribution in [0.15, 0.2) is 28.8 Å². The third-order valence-corrected chi connectivity index (χ3v) is 7.65. The van der Waals surface area contributed by atoms with E-state index in [9.17, 15) is 14.0 Å². The van der Waals surface area contributed by atoms with Gasteiger partial charge in [-0.2, -0.15) is 4.98 Å². The Morgan fingerprint density at radius 1 is 1.12 bits per heavy atom. The standard InChI is InChI=1S/C31H46FN5O5/c1-21(2)27-34-29(42-35-27)36-15-12-22(13-16-36)7-6-18-40-25-10-8-23(9-11-25)19-26(33-30(39)41-31(3,4)5)28(38)37-17-14-24(32)20-37/h8-11,21-22,24,26H,6-7,12-20H2,1-5H3,(H,33,39). The summed E-state index contributed by atoms with van der Waals surface area (Å²) < 4.78 is 30.5. The van der Waals surface area contributed by atoms with E-state index in [0.717, 1.165) is 55.9 Å². The van der Waals surface area contributed by atoms with Crippen molar-refractivity contribution in [3.8, 4) is 5.75 Å². The summed E-state index contributed by atoms with van der Waals surface area (Å²) >= 11 is 0. The molecule has 0 spiro atoms. The van der Waals surface area contributed by atoms with E-state index < -0.39 is 23.9 Å². The number of rotatable bonds is 11. The van der Waals surface area contributed by atoms with Crippen LogP contribution in [0, 0.1) is 5.92 Å². The number of anilines is 1. The Balaban J connectivity index is 1.21. The van der Waals surface area contributed by atoms with E-state index in [-0.39, 0.29) is 24.8 Å². The lowest BCUT2D eigenvalue weighted by molar-refractivity contribution is -0.132. The molecule has 2 aromatic rings. The van der Waals surface area contributed by atoms with Crippen molar-refractivity contribution in [2.45, 2.75) is 96.9 Å². The number of ether oxygens (including phenoxy) is 2. The van der Waals surface area contributed by atoms with E-state index in [2.05, 4.69) is 34.2 Å². The Hall–Kier alpha value is -3.37. The molecule has 0 radical (unpaired) electrons. The van der Waals surface area contributed by atoms with Crippen molar-refractivity contribution < 1.29 is 28.0 Å². The maximum absolute atomic E-state index is 13.8. The topological polar surface area (TPSA) is 110 Å². The van der Waals surface area contributed by atoms with Crippen molar-refractivity contribution in [3.05, 3.63) is 35.7 Å². The summed E-state index contributed by atoms with van der Waals surface area (Å²) in [6.45, 7) is 12.3. The zero-order chi connectivity index (χ0) is 30.3. The number of aromatic nitrogens is 2. The number of likely N-dealkylation sites (tertiary alicyclic amines) is 1. The van der Waals surface area contributed by atoms with Crippen molar-refractivity contribution in [2.24, 2.45) is 5.92 Å². The zero-order valence-corrected chi connectivity index (χ0v) is 25.6. The molecule has 1 N–H and O–H groups in total. The average Bonchev–Trinajstić information content (AvgIpc) is 3.60. The Bertz CT molecular complexity index is 1160. The van der Waals surface area contributed by atoms with Gasteiger partial charge in [0.1, 0.15) is 23.6 Å². The van der Waals surface area contributed by atoms with Gasteiger partial charge in [0.25, 0.3) is 0 Å². The van der Waals surface area contributed by atoms with E-state index in [1.165, 1.54) is 4.90 Å². The van der Waals surface area contributed by atoms with Crippen LogP contribution in [-0.4, -0.2) is 77.6 Å². The molecule has 2 unspecified atom stereocenters. The summed E-state index contributed by atoms with van der Waals surface area (Å²) in [4.78, 5) is 33.8. The number of amides is 2. The number of carbonyl (C=O) groups excluding carboxylic acids is 2. The fourth-order valence-electron chi connectivity index (χ4n) is 5.31. The van der Waals surface area contributed by atoms with Gasteiger partial charge in [-0.3, -0.25) is 4.79 Å². The van der Waals surface area contributed by atoms with Crippen LogP contribution < -0.4 is 15.0 Å². The van der Waals surface area contributed by atoms with Gasteiger partial charge in [0.15, 0.2) is 5.82 Å². The van der Waals surface area contributed by atoms with Gasteiger partial charge < -0.3 is 29.1 Å². The predicted octanol–water partition coefficient (Wildman–Crippen LogP) is 5.27. The van der Waals surface area contributed by atoms with Crippen LogP contribution >= 0.6 is 0 Å². The minimum absolute atomic E-state index is 0.0506. The van der Waals surface area contributed by atoms with E-state index >= 15 is 0 Å². The smallest absolute Gasteiger partial charge is 0.408 e. The fraction of sp³-hybridized carbons (Fsp3) is 0.677. The molecule has 0 aliphatic carbocycles. The molecule has 1 aromatic carbocycles. The second kappa shape index (κ2) is 14.2. The largest absolute Gasteiger partial charge is 0.494 e. The SMILES string of the molecule is CC(C)c1noc(N2CCC(CCCOc3ccc(CC(NC(=O)OC(C)(C)C)C(=O)N4CCC(F)C4)cc3)CC2)n1. The van der Waals surface area contributed by atoms with Crippen LogP contribution in [0.3, 0.4) is 0 Å². The maximum atomic E-state index is 13.8. The molecule has 2 fully saturated rings. The number of benzene rings is 1. The van der Waals surface area contributed by atoms with Crippen LogP contribution in [0.25, 0.3) is 0 Å². The number of piperidine rings is 1. The van der Waals surface area contributed by atoms with Gasteiger partial charge >= 0.3 is 12.1 Å². The van der Waals surface area contributed by atoms with Crippen molar-refractivity contribution in [2.75, 3.05) is 37.7 Å². The van der Waals surface area contributed by atoms with Crippen molar-refractivity contribution in [3.63, 3.8) is 0 Å². The van der Waals surface area contributed by atoms with E-state index in [0.29, 0.717) is 31.5 Å². The molecular formula is C31H46FN5O5. The normalized spacial score (nSPS) is 18.8. The summed E-state index contributed by atoms with van der Waals surface area (Å²) in [6.07, 6.45) is 3.13. The molecular weight excluding hydrogens is 541 g/mol. The second-order valence-electron chi connectivity index (χ2n) is 12.7. The molecule has 4 rings (SSSR count). The predicted molar refractivity (Wildman–Crippen MR) is 157 cm³/mol. The molecule has 232 valence electrons. The first-order valence-corrected chi connectivity index (χ1v) is 15.2. The summed E-state index contributed by atoms with van der Waals surface area (Å²) in [5.41, 5.74) is 0.166. The number of halogens is 1. The molecule has 0 bridgehead atoms. The van der Waals surface area contributed by atoms with E-state index in [1.54, 1.807) is 20.8 Å². The third-order valence-electron chi connectivity index (χ3n) is 7.65. The number of nitrogens with zero attached hydrogens (tertiary/aromatic N) is 4. The number of hydrogen-bond donors (Lipinski definition) is 1. The van der Waals surface area contributed by atoms with Gasteiger partial charge in [-0.1, -0.05) is 31.1 Å². The molecule has 2 aliphatic heterocycles. The molecule has 1 aromatic heterocycles. The average molecular weight is 588 g/mol. The van der Waals surface area contributed by atoms with Gasteiger partial charge in [0.05, 0.1) is 13.2 Å². The first-order chi connectivity index (χ1) is 20.0. The first kappa shape index (κ1) is 31.6. The number of alkyl carbamates (subject to hydrolysis) is 1. The van der Waals surface area contributed by atoms with Crippen LogP contribution in [0.1, 0.15) is 84.0 Å². The highest BCUT2D eigenvalue weighted by Gasteiger charge is 2.33. The van der Waals surface area contributed by atoms with Crippen molar-refractivity contribution in [1.82, 2.24) is 20.4 Å². The summed E-state index contributed by atoms with van der Waals surface area (Å²) in [6, 6.07) is 7.33. The molecule has 2 amide bonds. The number of hydrogen-bond acceptors (Lipinski definition) is 8. The lowest BCUT2D eigenvalue weighted by Crippen LogP contribution is -2.50. The van der Waals surface area contributed by atoms with Crippen LogP contribution in [0.5, 0.6) is 5.75 Å². The molecule has 42 heavy (non-hydrogen) atoms. The number of alkyl halides is 1. The van der Waals surface area contributed by atoms with Crippen LogP contribution in [-0.2, 0) is 16.0 Å². The number of carbonyl (C=O) groups is 2. The molecule has 10 nitrogen and oxygen atoms in total. The molecule has 2 saturated heterocycles. The van der Waals surface area contributed by atoms with Crippen LogP contribution in [0.2, 0.25) is 0 Å². The first-order valence-electron chi connectivity index (χ1n) is 15.2. The van der Waals surface area contributed by atoms with Gasteiger partial charge in [-0.25, -0.2) is 9.18 Å². The van der Waals surface area contributed by atoms with E-state index in [4.69, 9.17) is 14.0 Å². The third kappa shape index (κ3) is 9.32. The zero-order valence-electron chi connectivity index (χ0n) is 25.6. The Morgan fingerprint density at radius 2 is 1.83 bits per heavy atom. The highest BCUT2D eigenvalue weighted by atomic mass is 19.1. The highest BCUT2D eigenvalue weighted by Crippen LogP contribution is 2.26. The monoisotopic (exact) mass is 587 g/mol. The van der Waals surface area contributed by atoms with Crippen molar-refractivity contribution in [1.29, 1.82) is 0 Å². The summed E-state index contributed by atoms with van der Waals surface area (Å²) in [5.74, 6) is 2.11. The molecule has 2 atom stereocenters. The fourth-order valence-corrected chi connectivity index (χ4v) is 5.31. The molecule has 3 heterocycles. The van der Waals surface area contributed by atoms with Crippen LogP contribution in [0.4, 0.5) is 15.2 Å². The Kier molecular flexibility index (Phi) is 10.7. The highest BCUT2D eigenvalue weighted by molar-refractivity contribution is 5.86. The molecule has 2 aliphatic rings. The minimum atomic E-state index is -1.03. The van der Waals surface area contributed by atoms with E-state index in [1.807, 2.05) is 24.3 Å². The Labute approximate surface area is 248 Å². The van der Waals surface area contributed by atoms with Gasteiger partial charge in [-0.05, 0) is 76.5 Å². The minimum Gasteiger partial charge on any atom is -0.494 e. The van der Waals surface area contributed by atoms with Gasteiger partial charge in [0, 0.05) is 32.0 Å². The molecule has 0 saturated carbocycles. The maximum Gasteiger partial charge on any atom is 0.408 e. The second-order valence-corrected chi connectivity index (χ2v) is 12.7. The Morgan fingerprint density at radius 3 is 2.43 bits per heavy atom. The summed E-state index contributed by atoms with van der Waals surface area (Å²) in [7, 11) is 0. The van der Waals surface area contributed by atoms with Crippen molar-refractivity contribution >= 4 is 18.0 Å². The lowest BCUT2D eigenvalue weighted by atomic mass is 9.92. The lowest BCUT2D eigenvalue weighted by Gasteiger charge is -2.30. The van der Waals surface area contributed by atoms with Gasteiger partial charge in [-0.15, -0.1) is 0 Å². The number of nitrogens with one attached hydrogen (secondary N) is 1. The molecule has 11 heteroatoms. The quantitative estimate of drug-likeness (QED) is 0.354.